The largest absolute Gasteiger partial charge is 0.516 e. The second-order valence-electron chi connectivity index (χ2n) is 1.18. The fourth-order valence-electron chi connectivity index (χ4n) is 0. The molecule has 0 aliphatic carbocycles. The number of rotatable bonds is 1. The molecule has 0 rings (SSSR count). The summed E-state index contributed by atoms with van der Waals surface area (Å²) in [4.78, 5) is 0. The second-order valence-corrected chi connectivity index (χ2v) is 1.18. The monoisotopic (exact) mass is 102 g/mol. The van der Waals surface area contributed by atoms with Gasteiger partial charge >= 0.3 is 0 Å². The quantitative estimate of drug-likeness (QED) is 0.504. The molecule has 0 aromatic rings. The molecular weight excluding hydrogens is 88.1 g/mol. The van der Waals surface area contributed by atoms with E-state index >= 15 is 0 Å². The summed E-state index contributed by atoms with van der Waals surface area (Å²) in [6.45, 7) is 7.28. The van der Waals surface area contributed by atoms with Crippen LogP contribution in [0.1, 0.15) is 26.7 Å². The van der Waals surface area contributed by atoms with Gasteiger partial charge in [0, 0.05) is 0 Å². The van der Waals surface area contributed by atoms with Crippen LogP contribution < -0.4 is 0 Å². The summed E-state index contributed by atoms with van der Waals surface area (Å²) in [6.07, 6.45) is 3.39. The van der Waals surface area contributed by atoms with Gasteiger partial charge in [0.25, 0.3) is 0 Å². The van der Waals surface area contributed by atoms with Crippen molar-refractivity contribution in [2.45, 2.75) is 26.7 Å². The minimum atomic E-state index is 0.750. The molecule has 0 bridgehead atoms. The molecule has 0 aromatic heterocycles. The van der Waals surface area contributed by atoms with Gasteiger partial charge in [0.15, 0.2) is 0 Å². The molecule has 1 N–H and O–H groups in total. The molecule has 0 heterocycles. The number of unbranched alkanes of at least 4 members (excludes halogenated alkanes) is 1. The van der Waals surface area contributed by atoms with Crippen LogP contribution in [0.2, 0.25) is 0 Å². The van der Waals surface area contributed by atoms with Gasteiger partial charge in [-0.05, 0) is 0 Å². The minimum Gasteiger partial charge on any atom is -0.516 e. The highest BCUT2D eigenvalue weighted by atomic mass is 16.2. The van der Waals surface area contributed by atoms with Crippen LogP contribution in [0.5, 0.6) is 0 Å². The van der Waals surface area contributed by atoms with Gasteiger partial charge in [0.1, 0.15) is 0 Å². The topological polar surface area (TPSA) is 20.2 Å². The van der Waals surface area contributed by atoms with E-state index in [1.54, 1.807) is 0 Å². The van der Waals surface area contributed by atoms with Crippen LogP contribution in [0.4, 0.5) is 0 Å². The summed E-state index contributed by atoms with van der Waals surface area (Å²) in [5, 5.41) is 7.33. The van der Waals surface area contributed by atoms with Crippen LogP contribution in [0.25, 0.3) is 0 Å². The van der Waals surface area contributed by atoms with Crippen LogP contribution in [0.3, 0.4) is 0 Å². The van der Waals surface area contributed by atoms with Gasteiger partial charge < -0.3 is 5.11 Å². The molecule has 0 saturated heterocycles. The Labute approximate surface area is 45.7 Å². The van der Waals surface area contributed by atoms with Gasteiger partial charge in [-0.25, -0.2) is 0 Å². The molecule has 7 heavy (non-hydrogen) atoms. The van der Waals surface area contributed by atoms with E-state index in [-0.39, 0.29) is 0 Å². The molecule has 0 aliphatic rings. The standard InChI is InChI=1S/C4H10.C2H4O/c1-3-4-2;1-2-3/h3-4H2,1-2H3;2-3H,1H2. The van der Waals surface area contributed by atoms with Crippen molar-refractivity contribution in [2.75, 3.05) is 0 Å². The Morgan fingerprint density at radius 3 is 1.57 bits per heavy atom. The molecule has 0 unspecified atom stereocenters. The van der Waals surface area contributed by atoms with Crippen molar-refractivity contribution in [3.63, 3.8) is 0 Å². The third kappa shape index (κ3) is 238. The molecule has 0 fully saturated rings. The lowest BCUT2D eigenvalue weighted by molar-refractivity contribution is 0.476. The van der Waals surface area contributed by atoms with Crippen molar-refractivity contribution in [3.8, 4) is 0 Å². The Morgan fingerprint density at radius 2 is 1.57 bits per heavy atom. The van der Waals surface area contributed by atoms with E-state index in [0.29, 0.717) is 0 Å². The summed E-state index contributed by atoms with van der Waals surface area (Å²) < 4.78 is 0. The van der Waals surface area contributed by atoms with Gasteiger partial charge in [-0.1, -0.05) is 33.3 Å². The first-order chi connectivity index (χ1) is 3.33. The van der Waals surface area contributed by atoms with E-state index in [2.05, 4.69) is 20.4 Å². The summed E-state index contributed by atoms with van der Waals surface area (Å²) >= 11 is 0. The Bertz CT molecular complexity index is 23.4. The van der Waals surface area contributed by atoms with Crippen LogP contribution in [-0.2, 0) is 0 Å². The van der Waals surface area contributed by atoms with E-state index in [9.17, 15) is 0 Å². The van der Waals surface area contributed by atoms with Crippen LogP contribution in [0.15, 0.2) is 12.8 Å². The maximum absolute atomic E-state index is 7.33. The van der Waals surface area contributed by atoms with E-state index in [0.717, 1.165) is 6.26 Å². The molecule has 44 valence electrons. The number of aliphatic hydroxyl groups is 1. The zero-order valence-electron chi connectivity index (χ0n) is 5.15. The lowest BCUT2D eigenvalue weighted by Crippen LogP contribution is -1.47. The summed E-state index contributed by atoms with van der Waals surface area (Å²) in [5.41, 5.74) is 0. The first-order valence-corrected chi connectivity index (χ1v) is 2.58. The Balaban J connectivity index is 0. The van der Waals surface area contributed by atoms with Crippen LogP contribution in [-0.4, -0.2) is 5.11 Å². The SMILES string of the molecule is C=CO.CCCC. The summed E-state index contributed by atoms with van der Waals surface area (Å²) in [7, 11) is 0. The smallest absolute Gasteiger partial charge is 0.0719 e. The maximum Gasteiger partial charge on any atom is 0.0719 e. The fourth-order valence-corrected chi connectivity index (χ4v) is 0. The third-order valence-corrected chi connectivity index (χ3v) is 0.500. The highest BCUT2D eigenvalue weighted by Crippen LogP contribution is 1.76. The minimum absolute atomic E-state index is 0.750. The van der Waals surface area contributed by atoms with Crippen molar-refractivity contribution in [1.29, 1.82) is 0 Å². The Kier molecular flexibility index (Phi) is 24.6. The van der Waals surface area contributed by atoms with Gasteiger partial charge in [0.2, 0.25) is 0 Å². The highest BCUT2D eigenvalue weighted by molar-refractivity contribution is 4.38. The summed E-state index contributed by atoms with van der Waals surface area (Å²) in [6, 6.07) is 0. The van der Waals surface area contributed by atoms with Gasteiger partial charge in [-0.3, -0.25) is 0 Å². The Morgan fingerprint density at radius 1 is 1.43 bits per heavy atom. The van der Waals surface area contributed by atoms with E-state index in [1.165, 1.54) is 12.8 Å². The maximum atomic E-state index is 7.33. The number of aliphatic hydroxyl groups excluding tert-OH is 1. The lowest BCUT2D eigenvalue weighted by atomic mass is 10.4. The third-order valence-electron chi connectivity index (χ3n) is 0.500. The normalized spacial score (nSPS) is 6.00. The van der Waals surface area contributed by atoms with Crippen LogP contribution >= 0.6 is 0 Å². The van der Waals surface area contributed by atoms with E-state index in [1.807, 2.05) is 0 Å². The van der Waals surface area contributed by atoms with Crippen molar-refractivity contribution in [2.24, 2.45) is 0 Å². The molecular formula is C6H14O. The second kappa shape index (κ2) is 17.7. The fraction of sp³-hybridized carbons (Fsp3) is 0.667. The average molecular weight is 102 g/mol. The van der Waals surface area contributed by atoms with Crippen molar-refractivity contribution < 1.29 is 5.11 Å². The first kappa shape index (κ1) is 9.74. The average Bonchev–Trinajstić information content (AvgIpc) is 1.69. The van der Waals surface area contributed by atoms with Crippen molar-refractivity contribution in [3.05, 3.63) is 12.8 Å². The highest BCUT2D eigenvalue weighted by Gasteiger charge is 1.56. The lowest BCUT2D eigenvalue weighted by Gasteiger charge is -1.68. The molecule has 0 aromatic carbocycles. The summed E-state index contributed by atoms with van der Waals surface area (Å²) in [5.74, 6) is 0. The number of hydrogen-bond acceptors (Lipinski definition) is 1. The van der Waals surface area contributed by atoms with Gasteiger partial charge in [-0.2, -0.15) is 0 Å². The van der Waals surface area contributed by atoms with E-state index < -0.39 is 0 Å². The molecule has 0 radical (unpaired) electrons. The van der Waals surface area contributed by atoms with E-state index in [4.69, 9.17) is 5.11 Å². The zero-order chi connectivity index (χ0) is 6.12. The van der Waals surface area contributed by atoms with Crippen molar-refractivity contribution in [1.82, 2.24) is 0 Å². The van der Waals surface area contributed by atoms with Crippen LogP contribution in [0, 0.1) is 0 Å². The molecule has 0 aliphatic heterocycles. The van der Waals surface area contributed by atoms with Crippen molar-refractivity contribution >= 4 is 0 Å². The van der Waals surface area contributed by atoms with Gasteiger partial charge in [0.05, 0.1) is 6.26 Å². The molecule has 0 saturated carbocycles. The molecule has 0 spiro atoms. The molecule has 0 amide bonds. The predicted molar refractivity (Wildman–Crippen MR) is 33.4 cm³/mol. The molecule has 1 heteroatoms. The predicted octanol–water partition coefficient (Wildman–Crippen LogP) is 2.49. The Hall–Kier alpha value is -0.460. The molecule has 1 nitrogen and oxygen atoms in total. The van der Waals surface area contributed by atoms with Gasteiger partial charge in [-0.15, -0.1) is 0 Å². The number of hydrogen-bond donors (Lipinski definition) is 1. The first-order valence-electron chi connectivity index (χ1n) is 2.58. The molecule has 0 atom stereocenters. The zero-order valence-corrected chi connectivity index (χ0v) is 5.15.